The number of benzene rings is 1. The monoisotopic (exact) mass is 303 g/mol. The van der Waals surface area contributed by atoms with E-state index in [4.69, 9.17) is 5.73 Å². The van der Waals surface area contributed by atoms with Crippen LogP contribution in [0.5, 0.6) is 0 Å². The molecule has 0 spiro atoms. The number of carbonyl (C=O) groups excluding carboxylic acids is 1. The van der Waals surface area contributed by atoms with Crippen molar-refractivity contribution < 1.29 is 18.0 Å². The van der Waals surface area contributed by atoms with Gasteiger partial charge in [-0.25, -0.2) is 0 Å². The molecule has 1 amide bonds. The second-order valence-corrected chi connectivity index (χ2v) is 4.91. The number of alkyl halides is 3. The highest BCUT2D eigenvalue weighted by atomic mass is 19.4. The summed E-state index contributed by atoms with van der Waals surface area (Å²) in [6.07, 6.45) is -4.25. The van der Waals surface area contributed by atoms with E-state index in [0.717, 1.165) is 0 Å². The Bertz CT molecular complexity index is 463. The molecular weight excluding hydrogens is 283 g/mol. The molecule has 0 aromatic heterocycles. The van der Waals surface area contributed by atoms with Gasteiger partial charge in [0.05, 0.1) is 17.8 Å². The lowest BCUT2D eigenvalue weighted by molar-refractivity contribution is -0.137. The molecule has 7 heteroatoms. The number of nitrogens with two attached hydrogens (primary N) is 1. The molecule has 0 aliphatic rings. The summed E-state index contributed by atoms with van der Waals surface area (Å²) in [5, 5.41) is 2.68. The molecule has 0 bridgehead atoms. The number of amides is 1. The Labute approximate surface area is 122 Å². The summed E-state index contributed by atoms with van der Waals surface area (Å²) in [6.45, 7) is 0.379. The first-order valence-electron chi connectivity index (χ1n) is 6.67. The van der Waals surface area contributed by atoms with E-state index < -0.39 is 12.6 Å². The highest BCUT2D eigenvalue weighted by Crippen LogP contribution is 2.19. The van der Waals surface area contributed by atoms with Gasteiger partial charge in [0, 0.05) is 13.0 Å². The number of para-hydroxylation sites is 2. The Hall–Kier alpha value is -1.76. The van der Waals surface area contributed by atoms with Crippen molar-refractivity contribution in [3.05, 3.63) is 24.3 Å². The zero-order chi connectivity index (χ0) is 15.9. The van der Waals surface area contributed by atoms with Crippen molar-refractivity contribution in [2.24, 2.45) is 0 Å². The quantitative estimate of drug-likeness (QED) is 0.762. The molecule has 21 heavy (non-hydrogen) atoms. The van der Waals surface area contributed by atoms with Crippen molar-refractivity contribution in [1.29, 1.82) is 0 Å². The van der Waals surface area contributed by atoms with Crippen molar-refractivity contribution >= 4 is 17.3 Å². The number of hydrogen-bond donors (Lipinski definition) is 2. The van der Waals surface area contributed by atoms with Crippen molar-refractivity contribution in [3.8, 4) is 0 Å². The Balaban J connectivity index is 2.23. The van der Waals surface area contributed by atoms with Crippen molar-refractivity contribution in [2.45, 2.75) is 25.4 Å². The minimum absolute atomic E-state index is 0.0588. The first-order valence-corrected chi connectivity index (χ1v) is 6.67. The summed E-state index contributed by atoms with van der Waals surface area (Å²) < 4.78 is 36.1. The molecule has 0 heterocycles. The third kappa shape index (κ3) is 7.55. The smallest absolute Gasteiger partial charge is 0.390 e. The van der Waals surface area contributed by atoms with Crippen molar-refractivity contribution in [2.75, 3.05) is 31.2 Å². The van der Waals surface area contributed by atoms with Gasteiger partial charge >= 0.3 is 6.18 Å². The predicted octanol–water partition coefficient (Wildman–Crippen LogP) is 2.87. The van der Waals surface area contributed by atoms with E-state index in [0.29, 0.717) is 24.3 Å². The molecule has 0 saturated heterocycles. The van der Waals surface area contributed by atoms with Crippen molar-refractivity contribution in [1.82, 2.24) is 4.90 Å². The van der Waals surface area contributed by atoms with Gasteiger partial charge in [0.2, 0.25) is 5.91 Å². The molecule has 0 fully saturated rings. The van der Waals surface area contributed by atoms with Gasteiger partial charge in [0.25, 0.3) is 0 Å². The average Bonchev–Trinajstić information content (AvgIpc) is 2.38. The first-order chi connectivity index (χ1) is 9.78. The van der Waals surface area contributed by atoms with Gasteiger partial charge in [0.1, 0.15) is 0 Å². The second kappa shape index (κ2) is 7.87. The molecule has 0 atom stereocenters. The van der Waals surface area contributed by atoms with E-state index in [1.54, 1.807) is 36.2 Å². The van der Waals surface area contributed by atoms with Gasteiger partial charge < -0.3 is 16.0 Å². The lowest BCUT2D eigenvalue weighted by Crippen LogP contribution is -2.26. The molecule has 0 radical (unpaired) electrons. The Morgan fingerprint density at radius 2 is 1.95 bits per heavy atom. The highest BCUT2D eigenvalue weighted by molar-refractivity contribution is 5.93. The third-order valence-electron chi connectivity index (χ3n) is 2.96. The molecule has 4 nitrogen and oxygen atoms in total. The van der Waals surface area contributed by atoms with Crippen LogP contribution in [0.2, 0.25) is 0 Å². The van der Waals surface area contributed by atoms with Crippen LogP contribution < -0.4 is 11.1 Å². The Morgan fingerprint density at radius 1 is 1.29 bits per heavy atom. The first kappa shape index (κ1) is 17.3. The van der Waals surface area contributed by atoms with E-state index in [1.165, 1.54) is 0 Å². The van der Waals surface area contributed by atoms with E-state index >= 15 is 0 Å². The second-order valence-electron chi connectivity index (χ2n) is 4.91. The molecule has 0 aliphatic heterocycles. The Kier molecular flexibility index (Phi) is 6.48. The van der Waals surface area contributed by atoms with Gasteiger partial charge in [-0.3, -0.25) is 4.79 Å². The van der Waals surface area contributed by atoms with E-state index in [2.05, 4.69) is 5.32 Å². The van der Waals surface area contributed by atoms with Crippen LogP contribution in [0.3, 0.4) is 0 Å². The van der Waals surface area contributed by atoms with Crippen LogP contribution >= 0.6 is 0 Å². The molecule has 1 rings (SSSR count). The average molecular weight is 303 g/mol. The van der Waals surface area contributed by atoms with Crippen LogP contribution in [0.1, 0.15) is 19.3 Å². The molecule has 3 N–H and O–H groups in total. The number of hydrogen-bond acceptors (Lipinski definition) is 3. The summed E-state index contributed by atoms with van der Waals surface area (Å²) in [7, 11) is 1.61. The van der Waals surface area contributed by atoms with Gasteiger partial charge in [-0.2, -0.15) is 13.2 Å². The summed E-state index contributed by atoms with van der Waals surface area (Å²) in [6, 6.07) is 6.90. The molecule has 118 valence electrons. The summed E-state index contributed by atoms with van der Waals surface area (Å²) in [4.78, 5) is 13.3. The topological polar surface area (TPSA) is 58.4 Å². The number of nitrogens with one attached hydrogen (secondary N) is 1. The van der Waals surface area contributed by atoms with Crippen LogP contribution in [-0.2, 0) is 4.79 Å². The lowest BCUT2D eigenvalue weighted by Gasteiger charge is -2.17. The van der Waals surface area contributed by atoms with E-state index in [9.17, 15) is 18.0 Å². The molecular formula is C14H20F3N3O. The maximum atomic E-state index is 12.0. The minimum atomic E-state index is -4.14. The fourth-order valence-corrected chi connectivity index (χ4v) is 1.76. The van der Waals surface area contributed by atoms with Crippen molar-refractivity contribution in [3.63, 3.8) is 0 Å². The van der Waals surface area contributed by atoms with Gasteiger partial charge in [-0.15, -0.1) is 0 Å². The van der Waals surface area contributed by atoms with E-state index in [1.807, 2.05) is 0 Å². The summed E-state index contributed by atoms with van der Waals surface area (Å²) in [5.74, 6) is -0.197. The number of carbonyl (C=O) groups is 1. The van der Waals surface area contributed by atoms with Crippen LogP contribution in [-0.4, -0.2) is 37.1 Å². The maximum Gasteiger partial charge on any atom is 0.390 e. The molecule has 1 aromatic carbocycles. The lowest BCUT2D eigenvalue weighted by atomic mass is 10.2. The van der Waals surface area contributed by atoms with E-state index in [-0.39, 0.29) is 18.9 Å². The molecule has 0 saturated carbocycles. The summed E-state index contributed by atoms with van der Waals surface area (Å²) >= 11 is 0. The van der Waals surface area contributed by atoms with Crippen LogP contribution in [0, 0.1) is 0 Å². The largest absolute Gasteiger partial charge is 0.397 e. The number of rotatable bonds is 7. The van der Waals surface area contributed by atoms with Gasteiger partial charge in [-0.1, -0.05) is 12.1 Å². The number of halogens is 3. The SMILES string of the molecule is CN(CCCC(=O)Nc1ccccc1N)CCC(F)(F)F. The normalized spacial score (nSPS) is 11.7. The molecule has 1 aromatic rings. The molecule has 0 aliphatic carbocycles. The minimum Gasteiger partial charge on any atom is -0.397 e. The third-order valence-corrected chi connectivity index (χ3v) is 2.96. The zero-order valence-electron chi connectivity index (χ0n) is 11.9. The van der Waals surface area contributed by atoms with Crippen LogP contribution in [0.15, 0.2) is 24.3 Å². The number of anilines is 2. The highest BCUT2D eigenvalue weighted by Gasteiger charge is 2.26. The Morgan fingerprint density at radius 3 is 2.57 bits per heavy atom. The van der Waals surface area contributed by atoms with Gasteiger partial charge in [0.15, 0.2) is 0 Å². The number of nitrogen functional groups attached to an aromatic ring is 1. The zero-order valence-corrected chi connectivity index (χ0v) is 11.9. The standard InChI is InChI=1S/C14H20F3N3O/c1-20(10-8-14(15,16)17)9-4-7-13(21)19-12-6-3-2-5-11(12)18/h2-3,5-6H,4,7-10,18H2,1H3,(H,19,21). The number of nitrogens with zero attached hydrogens (tertiary/aromatic N) is 1. The summed E-state index contributed by atoms with van der Waals surface area (Å²) in [5.41, 5.74) is 6.73. The fraction of sp³-hybridized carbons (Fsp3) is 0.500. The van der Waals surface area contributed by atoms with Crippen LogP contribution in [0.25, 0.3) is 0 Å². The van der Waals surface area contributed by atoms with Crippen LogP contribution in [0.4, 0.5) is 24.5 Å². The van der Waals surface area contributed by atoms with Gasteiger partial charge in [-0.05, 0) is 32.1 Å². The molecule has 0 unspecified atom stereocenters. The fourth-order valence-electron chi connectivity index (χ4n) is 1.76. The predicted molar refractivity (Wildman–Crippen MR) is 76.9 cm³/mol. The maximum absolute atomic E-state index is 12.0.